The van der Waals surface area contributed by atoms with Crippen molar-refractivity contribution >= 4 is 59.8 Å². The molecule has 3 aromatic heterocycles. The van der Waals surface area contributed by atoms with Gasteiger partial charge < -0.3 is 4.40 Å². The molecule has 2 nitrogen and oxygen atoms in total. The molecule has 4 aromatic carbocycles. The number of fused-ring (bicyclic) bond motifs is 7. The van der Waals surface area contributed by atoms with Crippen LogP contribution in [-0.2, 0) is 7.05 Å². The van der Waals surface area contributed by atoms with Crippen molar-refractivity contribution < 1.29 is 4.57 Å². The lowest BCUT2D eigenvalue weighted by atomic mass is 9.86. The van der Waals surface area contributed by atoms with Crippen LogP contribution < -0.4 is 4.57 Å². The predicted molar refractivity (Wildman–Crippen MR) is 143 cm³/mol. The Hall–Kier alpha value is -3.65. The van der Waals surface area contributed by atoms with Crippen LogP contribution in [0.4, 0.5) is 0 Å². The Labute approximate surface area is 198 Å². The Morgan fingerprint density at radius 1 is 0.735 bits per heavy atom. The van der Waals surface area contributed by atoms with E-state index in [-0.39, 0.29) is 0 Å². The van der Waals surface area contributed by atoms with Crippen LogP contribution in [0.1, 0.15) is 42.7 Å². The zero-order chi connectivity index (χ0) is 22.6. The van der Waals surface area contributed by atoms with Gasteiger partial charge in [-0.3, -0.25) is 0 Å². The van der Waals surface area contributed by atoms with Crippen LogP contribution in [0.25, 0.3) is 59.8 Å². The fourth-order valence-electron chi connectivity index (χ4n) is 7.21. The summed E-state index contributed by atoms with van der Waals surface area (Å²) in [6.07, 6.45) is 7.50. The highest BCUT2D eigenvalue weighted by Crippen LogP contribution is 2.48. The number of aromatic nitrogens is 2. The minimum Gasteiger partial charge on any atom is -0.307 e. The van der Waals surface area contributed by atoms with Crippen LogP contribution in [-0.4, -0.2) is 4.40 Å². The maximum atomic E-state index is 2.64. The van der Waals surface area contributed by atoms with Crippen molar-refractivity contribution in [3.63, 3.8) is 0 Å². The number of rotatable bonds is 1. The molecule has 0 unspecified atom stereocenters. The number of para-hydroxylation sites is 1. The fourth-order valence-corrected chi connectivity index (χ4v) is 7.21. The SMILES string of the molecule is Cc1c2ccccc2c(C2CCCC2)c2c1c1c3c(ccc4c5ccccc5n2c43)cc[n+]1C. The molecular formula is C32H27N2+. The molecule has 0 amide bonds. The van der Waals surface area contributed by atoms with Crippen LogP contribution in [0.3, 0.4) is 0 Å². The van der Waals surface area contributed by atoms with Crippen molar-refractivity contribution in [2.45, 2.75) is 38.5 Å². The number of hydrogen-bond donors (Lipinski definition) is 0. The highest BCUT2D eigenvalue weighted by molar-refractivity contribution is 6.29. The summed E-state index contributed by atoms with van der Waals surface area (Å²) in [7, 11) is 2.22. The molecule has 164 valence electrons. The van der Waals surface area contributed by atoms with E-state index in [1.807, 2.05) is 0 Å². The third-order valence-electron chi connectivity index (χ3n) is 8.65. The summed E-state index contributed by atoms with van der Waals surface area (Å²) in [4.78, 5) is 0. The maximum absolute atomic E-state index is 2.64. The maximum Gasteiger partial charge on any atom is 0.224 e. The lowest BCUT2D eigenvalue weighted by molar-refractivity contribution is -0.643. The van der Waals surface area contributed by atoms with Crippen LogP contribution >= 0.6 is 0 Å². The number of aryl methyl sites for hydroxylation is 2. The topological polar surface area (TPSA) is 8.29 Å². The van der Waals surface area contributed by atoms with Crippen molar-refractivity contribution in [3.8, 4) is 0 Å². The molecule has 1 aliphatic rings. The summed E-state index contributed by atoms with van der Waals surface area (Å²) in [6, 6.07) is 25.1. The van der Waals surface area contributed by atoms with Crippen LogP contribution in [0.15, 0.2) is 72.9 Å². The van der Waals surface area contributed by atoms with E-state index in [4.69, 9.17) is 0 Å². The van der Waals surface area contributed by atoms with Gasteiger partial charge in [-0.15, -0.1) is 0 Å². The highest BCUT2D eigenvalue weighted by Gasteiger charge is 2.30. The van der Waals surface area contributed by atoms with E-state index >= 15 is 0 Å². The second-order valence-electron chi connectivity index (χ2n) is 10.3. The van der Waals surface area contributed by atoms with Gasteiger partial charge >= 0.3 is 0 Å². The van der Waals surface area contributed by atoms with Gasteiger partial charge in [0.15, 0.2) is 6.20 Å². The molecule has 8 rings (SSSR count). The summed E-state index contributed by atoms with van der Waals surface area (Å²) < 4.78 is 5.00. The number of pyridine rings is 2. The quantitative estimate of drug-likeness (QED) is 0.139. The molecule has 2 heteroatoms. The Balaban J connectivity index is 1.83. The lowest BCUT2D eigenvalue weighted by Crippen LogP contribution is -2.29. The Kier molecular flexibility index (Phi) is 3.57. The zero-order valence-corrected chi connectivity index (χ0v) is 19.7. The third-order valence-corrected chi connectivity index (χ3v) is 8.65. The van der Waals surface area contributed by atoms with Crippen LogP contribution in [0.5, 0.6) is 0 Å². The molecule has 0 spiro atoms. The number of nitrogens with zero attached hydrogens (tertiary/aromatic N) is 2. The van der Waals surface area contributed by atoms with Gasteiger partial charge in [0.1, 0.15) is 7.05 Å². The molecule has 34 heavy (non-hydrogen) atoms. The first-order chi connectivity index (χ1) is 16.7. The van der Waals surface area contributed by atoms with Crippen molar-refractivity contribution in [2.24, 2.45) is 7.05 Å². The average molecular weight is 440 g/mol. The van der Waals surface area contributed by atoms with Crippen molar-refractivity contribution in [3.05, 3.63) is 84.1 Å². The smallest absolute Gasteiger partial charge is 0.224 e. The zero-order valence-electron chi connectivity index (χ0n) is 19.7. The van der Waals surface area contributed by atoms with E-state index in [9.17, 15) is 0 Å². The van der Waals surface area contributed by atoms with Gasteiger partial charge in [0.05, 0.1) is 27.3 Å². The first-order valence-electron chi connectivity index (χ1n) is 12.6. The molecule has 0 bridgehead atoms. The first kappa shape index (κ1) is 18.7. The molecule has 1 saturated carbocycles. The molecule has 0 aliphatic heterocycles. The predicted octanol–water partition coefficient (Wildman–Crippen LogP) is 7.93. The minimum atomic E-state index is 0.616. The van der Waals surface area contributed by atoms with Gasteiger partial charge in [-0.1, -0.05) is 67.4 Å². The summed E-state index contributed by atoms with van der Waals surface area (Å²) in [6.45, 7) is 2.34. The third kappa shape index (κ3) is 2.15. The largest absolute Gasteiger partial charge is 0.307 e. The summed E-state index contributed by atoms with van der Waals surface area (Å²) in [5.74, 6) is 0.616. The normalized spacial score (nSPS) is 15.4. The monoisotopic (exact) mass is 439 g/mol. The van der Waals surface area contributed by atoms with Gasteiger partial charge in [-0.2, -0.15) is 0 Å². The van der Waals surface area contributed by atoms with Gasteiger partial charge in [0.25, 0.3) is 0 Å². The Morgan fingerprint density at radius 3 is 2.29 bits per heavy atom. The Morgan fingerprint density at radius 2 is 1.47 bits per heavy atom. The molecule has 7 aromatic rings. The van der Waals surface area contributed by atoms with Crippen molar-refractivity contribution in [1.82, 2.24) is 4.40 Å². The first-order valence-corrected chi connectivity index (χ1v) is 12.6. The Bertz CT molecular complexity index is 1930. The van der Waals surface area contributed by atoms with Crippen molar-refractivity contribution in [2.75, 3.05) is 0 Å². The number of hydrogen-bond acceptors (Lipinski definition) is 0. The second kappa shape index (κ2) is 6.48. The van der Waals surface area contributed by atoms with E-state index in [1.54, 1.807) is 5.56 Å². The van der Waals surface area contributed by atoms with Crippen LogP contribution in [0, 0.1) is 6.92 Å². The van der Waals surface area contributed by atoms with E-state index in [0.717, 1.165) is 0 Å². The van der Waals surface area contributed by atoms with Gasteiger partial charge in [0.2, 0.25) is 5.52 Å². The van der Waals surface area contributed by atoms with E-state index in [0.29, 0.717) is 5.92 Å². The van der Waals surface area contributed by atoms with Gasteiger partial charge in [-0.05, 0) is 59.0 Å². The summed E-state index contributed by atoms with van der Waals surface area (Å²) >= 11 is 0. The molecule has 0 atom stereocenters. The van der Waals surface area contributed by atoms with Crippen LogP contribution in [0.2, 0.25) is 0 Å². The molecule has 1 aliphatic carbocycles. The number of benzene rings is 4. The van der Waals surface area contributed by atoms with Gasteiger partial charge in [-0.25, -0.2) is 4.57 Å². The second-order valence-corrected chi connectivity index (χ2v) is 10.3. The van der Waals surface area contributed by atoms with Gasteiger partial charge in [0, 0.05) is 16.8 Å². The summed E-state index contributed by atoms with van der Waals surface area (Å²) in [5, 5.41) is 9.72. The van der Waals surface area contributed by atoms with E-state index in [1.165, 1.54) is 91.0 Å². The minimum absolute atomic E-state index is 0.616. The van der Waals surface area contributed by atoms with E-state index in [2.05, 4.69) is 95.9 Å². The molecule has 0 saturated heterocycles. The standard InChI is InChI=1S/C32H27N2/c1-19-22-11-5-6-13-24(22)28(20-9-3-4-10-20)32-27(19)31-29-21(17-18-33(31)2)15-16-25-23-12-7-8-14-26(23)34(32)30(25)29/h5-8,11-18,20H,3-4,9-10H2,1-2H3/q+1. The molecule has 0 N–H and O–H groups in total. The molecule has 0 radical (unpaired) electrons. The fraction of sp³-hybridized carbons (Fsp3) is 0.219. The summed E-state index contributed by atoms with van der Waals surface area (Å²) in [5.41, 5.74) is 8.49. The average Bonchev–Trinajstić information content (AvgIpc) is 3.51. The molecule has 3 heterocycles. The van der Waals surface area contributed by atoms with E-state index < -0.39 is 0 Å². The molecular weight excluding hydrogens is 412 g/mol. The highest BCUT2D eigenvalue weighted by atomic mass is 15.0. The lowest BCUT2D eigenvalue weighted by Gasteiger charge is -2.22. The molecule has 1 fully saturated rings. The van der Waals surface area contributed by atoms with Crippen molar-refractivity contribution in [1.29, 1.82) is 0 Å².